The molecule has 1 aliphatic heterocycles. The molecule has 0 saturated carbocycles. The Kier molecular flexibility index (Phi) is 3.67. The zero-order valence-electron chi connectivity index (χ0n) is 10.5. The Balaban J connectivity index is 2.34. The number of nitrogens with two attached hydrogens (primary N) is 1. The molecule has 6 heteroatoms. The van der Waals surface area contributed by atoms with E-state index in [1.54, 1.807) is 12.0 Å². The lowest BCUT2D eigenvalue weighted by molar-refractivity contribution is -0.119. The van der Waals surface area contributed by atoms with Crippen LogP contribution < -0.4 is 10.6 Å². The van der Waals surface area contributed by atoms with Crippen molar-refractivity contribution in [3.63, 3.8) is 0 Å². The lowest BCUT2D eigenvalue weighted by Gasteiger charge is -2.24. The fraction of sp³-hybridized carbons (Fsp3) is 0.385. The molecule has 2 rings (SSSR count). The van der Waals surface area contributed by atoms with Gasteiger partial charge in [-0.15, -0.1) is 0 Å². The van der Waals surface area contributed by atoms with Gasteiger partial charge >= 0.3 is 0 Å². The van der Waals surface area contributed by atoms with Crippen LogP contribution in [0.15, 0.2) is 18.2 Å². The molecule has 1 fully saturated rings. The van der Waals surface area contributed by atoms with Gasteiger partial charge in [-0.25, -0.2) is 4.39 Å². The van der Waals surface area contributed by atoms with Crippen LogP contribution >= 0.6 is 0 Å². The van der Waals surface area contributed by atoms with E-state index in [0.717, 1.165) is 6.07 Å². The number of carbonyl (C=O) groups excluding carboxylic acids is 1. The maximum Gasteiger partial charge on any atom is 0.240 e. The van der Waals surface area contributed by atoms with Gasteiger partial charge < -0.3 is 15.4 Å². The molecular formula is C13H14FN3O2. The number of carbonyl (C=O) groups is 1. The molecule has 0 bridgehead atoms. The average Bonchev–Trinajstić information content (AvgIpc) is 2.82. The van der Waals surface area contributed by atoms with Crippen LogP contribution in [-0.2, 0) is 9.53 Å². The number of halogens is 1. The van der Waals surface area contributed by atoms with Crippen molar-refractivity contribution < 1.29 is 13.9 Å². The molecule has 2 N–H and O–H groups in total. The van der Waals surface area contributed by atoms with Gasteiger partial charge in [0, 0.05) is 20.1 Å². The second-order valence-corrected chi connectivity index (χ2v) is 4.44. The minimum absolute atomic E-state index is 0.160. The summed E-state index contributed by atoms with van der Waals surface area (Å²) in [6, 6.07) is 5.42. The number of amides is 1. The van der Waals surface area contributed by atoms with Gasteiger partial charge in [-0.2, -0.15) is 5.26 Å². The second-order valence-electron chi connectivity index (χ2n) is 4.44. The number of hydrogen-bond donors (Lipinski definition) is 1. The van der Waals surface area contributed by atoms with Crippen molar-refractivity contribution in [2.24, 2.45) is 5.73 Å². The molecule has 1 amide bonds. The standard InChI is InChI=1S/C13H14FN3O2/c1-19-9-5-12(13(16)18)17(7-9)11-3-2-8(6-15)4-10(11)14/h2-4,9,12H,5,7H2,1H3,(H2,16,18)/t9-,12-/m0/s1. The van der Waals surface area contributed by atoms with Crippen molar-refractivity contribution in [2.45, 2.75) is 18.6 Å². The van der Waals surface area contributed by atoms with Crippen LogP contribution in [0, 0.1) is 17.1 Å². The van der Waals surface area contributed by atoms with Crippen molar-refractivity contribution in [3.8, 4) is 6.07 Å². The number of ether oxygens (including phenoxy) is 1. The summed E-state index contributed by atoms with van der Waals surface area (Å²) in [6.45, 7) is 0.396. The van der Waals surface area contributed by atoms with E-state index in [4.69, 9.17) is 15.7 Å². The maximum absolute atomic E-state index is 14.0. The third kappa shape index (κ3) is 2.51. The summed E-state index contributed by atoms with van der Waals surface area (Å²) in [5.74, 6) is -1.05. The number of benzene rings is 1. The minimum Gasteiger partial charge on any atom is -0.380 e. The Labute approximate surface area is 110 Å². The van der Waals surface area contributed by atoms with Gasteiger partial charge in [-0.3, -0.25) is 4.79 Å². The third-order valence-electron chi connectivity index (χ3n) is 3.31. The molecule has 0 aliphatic carbocycles. The van der Waals surface area contributed by atoms with Crippen LogP contribution in [-0.4, -0.2) is 31.7 Å². The summed E-state index contributed by atoms with van der Waals surface area (Å²) >= 11 is 0. The lowest BCUT2D eigenvalue weighted by Crippen LogP contribution is -2.40. The first kappa shape index (κ1) is 13.3. The Hall–Kier alpha value is -2.13. The highest BCUT2D eigenvalue weighted by atomic mass is 19.1. The Morgan fingerprint density at radius 3 is 2.89 bits per heavy atom. The first-order chi connectivity index (χ1) is 9.06. The number of methoxy groups -OCH3 is 1. The van der Waals surface area contributed by atoms with Gasteiger partial charge in [-0.05, 0) is 18.2 Å². The number of nitriles is 1. The van der Waals surface area contributed by atoms with Crippen LogP contribution in [0.5, 0.6) is 0 Å². The van der Waals surface area contributed by atoms with E-state index in [-0.39, 0.29) is 17.4 Å². The summed E-state index contributed by atoms with van der Waals surface area (Å²) in [5.41, 5.74) is 5.84. The van der Waals surface area contributed by atoms with Crippen LogP contribution in [0.4, 0.5) is 10.1 Å². The predicted octanol–water partition coefficient (Wildman–Crippen LogP) is 0.776. The molecule has 19 heavy (non-hydrogen) atoms. The largest absolute Gasteiger partial charge is 0.380 e. The topological polar surface area (TPSA) is 79.3 Å². The van der Waals surface area contributed by atoms with E-state index in [2.05, 4.69) is 0 Å². The van der Waals surface area contributed by atoms with Crippen molar-refractivity contribution in [1.82, 2.24) is 0 Å². The fourth-order valence-corrected chi connectivity index (χ4v) is 2.31. The number of primary amides is 1. The molecule has 2 atom stereocenters. The monoisotopic (exact) mass is 263 g/mol. The molecule has 0 unspecified atom stereocenters. The summed E-state index contributed by atoms with van der Waals surface area (Å²) in [6.07, 6.45) is 0.276. The first-order valence-corrected chi connectivity index (χ1v) is 5.85. The third-order valence-corrected chi connectivity index (χ3v) is 3.31. The van der Waals surface area contributed by atoms with E-state index in [0.29, 0.717) is 13.0 Å². The number of anilines is 1. The van der Waals surface area contributed by atoms with Crippen LogP contribution in [0.3, 0.4) is 0 Å². The van der Waals surface area contributed by atoms with E-state index in [1.807, 2.05) is 6.07 Å². The number of rotatable bonds is 3. The van der Waals surface area contributed by atoms with Gasteiger partial charge in [-0.1, -0.05) is 0 Å². The van der Waals surface area contributed by atoms with Crippen LogP contribution in [0.1, 0.15) is 12.0 Å². The van der Waals surface area contributed by atoms with E-state index < -0.39 is 17.8 Å². The molecule has 5 nitrogen and oxygen atoms in total. The molecule has 0 aromatic heterocycles. The first-order valence-electron chi connectivity index (χ1n) is 5.85. The Morgan fingerprint density at radius 1 is 1.63 bits per heavy atom. The Bertz CT molecular complexity index is 541. The summed E-state index contributed by atoms with van der Waals surface area (Å²) in [7, 11) is 1.54. The zero-order chi connectivity index (χ0) is 14.0. The number of hydrogen-bond acceptors (Lipinski definition) is 4. The second kappa shape index (κ2) is 5.24. The highest BCUT2D eigenvalue weighted by Gasteiger charge is 2.36. The lowest BCUT2D eigenvalue weighted by atomic mass is 10.1. The molecule has 1 aliphatic rings. The molecule has 1 heterocycles. The van der Waals surface area contributed by atoms with Crippen molar-refractivity contribution in [2.75, 3.05) is 18.6 Å². The molecule has 0 spiro atoms. The average molecular weight is 263 g/mol. The summed E-state index contributed by atoms with van der Waals surface area (Å²) in [5, 5.41) is 8.71. The molecule has 1 aromatic rings. The Morgan fingerprint density at radius 2 is 2.37 bits per heavy atom. The van der Waals surface area contributed by atoms with Gasteiger partial charge in [0.05, 0.1) is 23.4 Å². The van der Waals surface area contributed by atoms with E-state index in [9.17, 15) is 9.18 Å². The molecule has 100 valence electrons. The van der Waals surface area contributed by atoms with Gasteiger partial charge in [0.1, 0.15) is 11.9 Å². The van der Waals surface area contributed by atoms with Crippen molar-refractivity contribution in [1.29, 1.82) is 5.26 Å². The van der Waals surface area contributed by atoms with E-state index >= 15 is 0 Å². The summed E-state index contributed by atoms with van der Waals surface area (Å²) < 4.78 is 19.2. The molecule has 0 radical (unpaired) electrons. The van der Waals surface area contributed by atoms with Gasteiger partial charge in [0.2, 0.25) is 5.91 Å². The zero-order valence-corrected chi connectivity index (χ0v) is 10.5. The summed E-state index contributed by atoms with van der Waals surface area (Å²) in [4.78, 5) is 13.0. The maximum atomic E-state index is 14.0. The van der Waals surface area contributed by atoms with Crippen molar-refractivity contribution in [3.05, 3.63) is 29.6 Å². The predicted molar refractivity (Wildman–Crippen MR) is 66.9 cm³/mol. The highest BCUT2D eigenvalue weighted by molar-refractivity contribution is 5.84. The fourth-order valence-electron chi connectivity index (χ4n) is 2.31. The SMILES string of the molecule is CO[C@H]1C[C@@H](C(N)=O)N(c2ccc(C#N)cc2F)C1. The van der Waals surface area contributed by atoms with E-state index in [1.165, 1.54) is 12.1 Å². The van der Waals surface area contributed by atoms with Crippen LogP contribution in [0.25, 0.3) is 0 Å². The molecule has 1 saturated heterocycles. The molecule has 1 aromatic carbocycles. The van der Waals surface area contributed by atoms with Crippen molar-refractivity contribution >= 4 is 11.6 Å². The molecular weight excluding hydrogens is 249 g/mol. The van der Waals surface area contributed by atoms with Gasteiger partial charge in [0.15, 0.2) is 0 Å². The minimum atomic E-state index is -0.590. The highest BCUT2D eigenvalue weighted by Crippen LogP contribution is 2.29. The number of nitrogens with zero attached hydrogens (tertiary/aromatic N) is 2. The van der Waals surface area contributed by atoms with Gasteiger partial charge in [0.25, 0.3) is 0 Å². The van der Waals surface area contributed by atoms with Crippen LogP contribution in [0.2, 0.25) is 0 Å². The normalized spacial score (nSPS) is 22.3. The smallest absolute Gasteiger partial charge is 0.240 e. The quantitative estimate of drug-likeness (QED) is 0.873.